The zero-order chi connectivity index (χ0) is 15.4. The molecule has 0 radical (unpaired) electrons. The van der Waals surface area contributed by atoms with E-state index in [0.29, 0.717) is 11.9 Å². The summed E-state index contributed by atoms with van der Waals surface area (Å²) in [5, 5.41) is 3.44. The Hall–Kier alpha value is -2.44. The van der Waals surface area contributed by atoms with Gasteiger partial charge in [0, 0.05) is 37.1 Å². The summed E-state index contributed by atoms with van der Waals surface area (Å²) in [5.74, 6) is 2.20. The summed E-state index contributed by atoms with van der Waals surface area (Å²) < 4.78 is 5.11. The molecule has 2 aromatic heterocycles. The normalized spacial score (nSPS) is 15.6. The predicted octanol–water partition coefficient (Wildman–Crippen LogP) is 1.66. The zero-order valence-electron chi connectivity index (χ0n) is 12.9. The van der Waals surface area contributed by atoms with Crippen LogP contribution in [0.3, 0.4) is 0 Å². The second-order valence-corrected chi connectivity index (χ2v) is 5.35. The maximum atomic E-state index is 5.11. The van der Waals surface area contributed by atoms with Gasteiger partial charge in [-0.2, -0.15) is 0 Å². The lowest BCUT2D eigenvalue weighted by Crippen LogP contribution is -2.40. The van der Waals surface area contributed by atoms with Crippen molar-refractivity contribution in [1.29, 1.82) is 0 Å². The fourth-order valence-electron chi connectivity index (χ4n) is 2.55. The number of piperidine rings is 1. The molecule has 0 bridgehead atoms. The van der Waals surface area contributed by atoms with Gasteiger partial charge in [-0.05, 0) is 25.8 Å². The molecular weight excluding hydrogens is 280 g/mol. The molecular formula is C15H20N6O. The van der Waals surface area contributed by atoms with Crippen molar-refractivity contribution >= 4 is 11.8 Å². The molecule has 1 aliphatic rings. The van der Waals surface area contributed by atoms with Gasteiger partial charge in [-0.1, -0.05) is 0 Å². The highest BCUT2D eigenvalue weighted by Gasteiger charge is 2.21. The average molecular weight is 300 g/mol. The van der Waals surface area contributed by atoms with Gasteiger partial charge in [-0.3, -0.25) is 0 Å². The van der Waals surface area contributed by atoms with Gasteiger partial charge < -0.3 is 15.0 Å². The SMILES string of the molecule is COc1cc(NC2CCN(c3nccc(C)n3)CC2)ncn1. The van der Waals surface area contributed by atoms with Crippen LogP contribution in [-0.2, 0) is 0 Å². The molecule has 0 saturated carbocycles. The van der Waals surface area contributed by atoms with Gasteiger partial charge in [0.15, 0.2) is 0 Å². The van der Waals surface area contributed by atoms with E-state index in [1.807, 2.05) is 25.3 Å². The summed E-state index contributed by atoms with van der Waals surface area (Å²) >= 11 is 0. The molecule has 0 aliphatic carbocycles. The molecule has 0 aromatic carbocycles. The fourth-order valence-corrected chi connectivity index (χ4v) is 2.55. The largest absolute Gasteiger partial charge is 0.481 e. The summed E-state index contributed by atoms with van der Waals surface area (Å²) in [5.41, 5.74) is 0.998. The minimum absolute atomic E-state index is 0.390. The van der Waals surface area contributed by atoms with E-state index in [0.717, 1.165) is 43.4 Å². The van der Waals surface area contributed by atoms with E-state index in [9.17, 15) is 0 Å². The molecule has 7 nitrogen and oxygen atoms in total. The Balaban J connectivity index is 1.57. The first-order chi connectivity index (χ1) is 10.7. The maximum absolute atomic E-state index is 5.11. The van der Waals surface area contributed by atoms with Gasteiger partial charge in [0.25, 0.3) is 0 Å². The molecule has 7 heteroatoms. The highest BCUT2D eigenvalue weighted by Crippen LogP contribution is 2.19. The molecule has 3 heterocycles. The number of aryl methyl sites for hydroxylation is 1. The van der Waals surface area contributed by atoms with Crippen LogP contribution in [-0.4, -0.2) is 46.2 Å². The number of ether oxygens (including phenoxy) is 1. The number of anilines is 2. The third kappa shape index (κ3) is 3.41. The minimum Gasteiger partial charge on any atom is -0.481 e. The highest BCUT2D eigenvalue weighted by atomic mass is 16.5. The third-order valence-corrected chi connectivity index (χ3v) is 3.76. The molecule has 0 atom stereocenters. The van der Waals surface area contributed by atoms with E-state index in [-0.39, 0.29) is 0 Å². The Kier molecular flexibility index (Phi) is 4.32. The Morgan fingerprint density at radius 3 is 2.77 bits per heavy atom. The molecule has 0 amide bonds. The molecule has 0 spiro atoms. The van der Waals surface area contributed by atoms with Gasteiger partial charge in [0.1, 0.15) is 12.1 Å². The number of rotatable bonds is 4. The smallest absolute Gasteiger partial charge is 0.225 e. The number of nitrogens with zero attached hydrogens (tertiary/aromatic N) is 5. The van der Waals surface area contributed by atoms with Gasteiger partial charge in [-0.15, -0.1) is 0 Å². The van der Waals surface area contributed by atoms with Crippen LogP contribution in [0.2, 0.25) is 0 Å². The van der Waals surface area contributed by atoms with Gasteiger partial charge in [-0.25, -0.2) is 19.9 Å². The van der Waals surface area contributed by atoms with E-state index in [1.54, 1.807) is 7.11 Å². The number of nitrogens with one attached hydrogen (secondary N) is 1. The fraction of sp³-hybridized carbons (Fsp3) is 0.467. The molecule has 0 unspecified atom stereocenters. The predicted molar refractivity (Wildman–Crippen MR) is 84.2 cm³/mol. The number of methoxy groups -OCH3 is 1. The average Bonchev–Trinajstić information content (AvgIpc) is 2.56. The monoisotopic (exact) mass is 300 g/mol. The summed E-state index contributed by atoms with van der Waals surface area (Å²) in [4.78, 5) is 19.3. The minimum atomic E-state index is 0.390. The standard InChI is InChI=1S/C15H20N6O/c1-11-3-6-16-15(19-11)21-7-4-12(5-8-21)20-13-9-14(22-2)18-10-17-13/h3,6,9-10,12H,4-5,7-8H2,1-2H3,(H,17,18,20). The van der Waals surface area contributed by atoms with Crippen molar-refractivity contribution in [3.63, 3.8) is 0 Å². The Morgan fingerprint density at radius 2 is 2.05 bits per heavy atom. The molecule has 3 rings (SSSR count). The van der Waals surface area contributed by atoms with Crippen molar-refractivity contribution < 1.29 is 4.74 Å². The lowest BCUT2D eigenvalue weighted by molar-refractivity contribution is 0.397. The van der Waals surface area contributed by atoms with Crippen molar-refractivity contribution in [3.8, 4) is 5.88 Å². The van der Waals surface area contributed by atoms with E-state index < -0.39 is 0 Å². The molecule has 1 fully saturated rings. The van der Waals surface area contributed by atoms with Gasteiger partial charge in [0.2, 0.25) is 11.8 Å². The maximum Gasteiger partial charge on any atom is 0.225 e. The molecule has 2 aromatic rings. The van der Waals surface area contributed by atoms with E-state index >= 15 is 0 Å². The van der Waals surface area contributed by atoms with Crippen molar-refractivity contribution in [1.82, 2.24) is 19.9 Å². The van der Waals surface area contributed by atoms with Crippen LogP contribution in [0.1, 0.15) is 18.5 Å². The summed E-state index contributed by atoms with van der Waals surface area (Å²) in [6, 6.07) is 4.12. The van der Waals surface area contributed by atoms with Crippen molar-refractivity contribution in [2.75, 3.05) is 30.4 Å². The Labute approximate surface area is 129 Å². The summed E-state index contributed by atoms with van der Waals surface area (Å²) in [6.07, 6.45) is 5.36. The molecule has 22 heavy (non-hydrogen) atoms. The van der Waals surface area contributed by atoms with Crippen molar-refractivity contribution in [3.05, 3.63) is 30.4 Å². The first-order valence-electron chi connectivity index (χ1n) is 7.42. The van der Waals surface area contributed by atoms with Gasteiger partial charge >= 0.3 is 0 Å². The van der Waals surface area contributed by atoms with E-state index in [4.69, 9.17) is 4.74 Å². The van der Waals surface area contributed by atoms with Crippen LogP contribution < -0.4 is 15.0 Å². The Bertz CT molecular complexity index is 627. The van der Waals surface area contributed by atoms with Crippen LogP contribution in [0, 0.1) is 6.92 Å². The Morgan fingerprint density at radius 1 is 1.23 bits per heavy atom. The van der Waals surface area contributed by atoms with Crippen LogP contribution >= 0.6 is 0 Å². The third-order valence-electron chi connectivity index (χ3n) is 3.76. The lowest BCUT2D eigenvalue weighted by atomic mass is 10.1. The number of hydrogen-bond donors (Lipinski definition) is 1. The van der Waals surface area contributed by atoms with Crippen LogP contribution in [0.4, 0.5) is 11.8 Å². The van der Waals surface area contributed by atoms with Crippen LogP contribution in [0.25, 0.3) is 0 Å². The quantitative estimate of drug-likeness (QED) is 0.920. The van der Waals surface area contributed by atoms with Crippen LogP contribution in [0.15, 0.2) is 24.7 Å². The number of aromatic nitrogens is 4. The topological polar surface area (TPSA) is 76.1 Å². The molecule has 1 aliphatic heterocycles. The van der Waals surface area contributed by atoms with Crippen molar-refractivity contribution in [2.45, 2.75) is 25.8 Å². The van der Waals surface area contributed by atoms with Gasteiger partial charge in [0.05, 0.1) is 7.11 Å². The highest BCUT2D eigenvalue weighted by molar-refractivity contribution is 5.39. The summed E-state index contributed by atoms with van der Waals surface area (Å²) in [7, 11) is 1.60. The summed E-state index contributed by atoms with van der Waals surface area (Å²) in [6.45, 7) is 3.86. The second-order valence-electron chi connectivity index (χ2n) is 5.35. The first-order valence-corrected chi connectivity index (χ1v) is 7.42. The van der Waals surface area contributed by atoms with Crippen LogP contribution in [0.5, 0.6) is 5.88 Å². The lowest BCUT2D eigenvalue weighted by Gasteiger charge is -2.32. The molecule has 1 saturated heterocycles. The molecule has 1 N–H and O–H groups in total. The molecule has 116 valence electrons. The first kappa shape index (κ1) is 14.5. The second kappa shape index (κ2) is 6.55. The van der Waals surface area contributed by atoms with Crippen molar-refractivity contribution in [2.24, 2.45) is 0 Å². The van der Waals surface area contributed by atoms with E-state index in [1.165, 1.54) is 6.33 Å². The van der Waals surface area contributed by atoms with E-state index in [2.05, 4.69) is 30.2 Å². The number of hydrogen-bond acceptors (Lipinski definition) is 7. The zero-order valence-corrected chi connectivity index (χ0v) is 12.9.